The smallest absolute Gasteiger partial charge is 0.272 e. The van der Waals surface area contributed by atoms with Crippen LogP contribution in [0.4, 0.5) is 0 Å². The zero-order valence-electron chi connectivity index (χ0n) is 12.9. The van der Waals surface area contributed by atoms with Crippen LogP contribution in [0.3, 0.4) is 0 Å². The van der Waals surface area contributed by atoms with Crippen LogP contribution in [0.15, 0.2) is 46.9 Å². The van der Waals surface area contributed by atoms with Crippen LogP contribution < -0.4 is 10.1 Å². The van der Waals surface area contributed by atoms with Crippen molar-refractivity contribution in [2.45, 2.75) is 13.5 Å². The number of amides is 1. The Morgan fingerprint density at radius 2 is 2.13 bits per heavy atom. The molecule has 3 aromatic rings. The Balaban J connectivity index is 1.68. The monoisotopic (exact) mass is 311 g/mol. The van der Waals surface area contributed by atoms with Crippen LogP contribution in [0.2, 0.25) is 0 Å². The van der Waals surface area contributed by atoms with Gasteiger partial charge in [0.1, 0.15) is 17.2 Å². The van der Waals surface area contributed by atoms with E-state index in [0.29, 0.717) is 23.7 Å². The third kappa shape index (κ3) is 3.26. The Bertz CT molecular complexity index is 820. The number of benzene rings is 1. The fraction of sp³-hybridized carbons (Fsp3) is 0.176. The Hall–Kier alpha value is -3.02. The summed E-state index contributed by atoms with van der Waals surface area (Å²) in [6.45, 7) is 2.23. The molecule has 2 heterocycles. The second-order valence-electron chi connectivity index (χ2n) is 5.07. The molecular weight excluding hydrogens is 294 g/mol. The summed E-state index contributed by atoms with van der Waals surface area (Å²) >= 11 is 0. The average Bonchev–Trinajstić information content (AvgIpc) is 3.21. The Morgan fingerprint density at radius 1 is 1.30 bits per heavy atom. The molecule has 3 rings (SSSR count). The maximum absolute atomic E-state index is 12.2. The summed E-state index contributed by atoms with van der Waals surface area (Å²) in [7, 11) is 1.60. The molecule has 6 nitrogen and oxygen atoms in total. The highest BCUT2D eigenvalue weighted by molar-refractivity contribution is 5.93. The van der Waals surface area contributed by atoms with E-state index >= 15 is 0 Å². The standard InChI is InChI=1S/C17H17N3O3/c1-11-7-8-16(23-11)13-9-14(20-19-13)17(21)18-10-12-5-3-4-6-15(12)22-2/h3-9H,10H2,1-2H3,(H,18,21)(H,19,20). The minimum Gasteiger partial charge on any atom is -0.496 e. The Kier molecular flexibility index (Phi) is 4.14. The van der Waals surface area contributed by atoms with Crippen molar-refractivity contribution >= 4 is 5.91 Å². The molecule has 0 aliphatic heterocycles. The van der Waals surface area contributed by atoms with Crippen LogP contribution in [0.25, 0.3) is 11.5 Å². The first-order valence-electron chi connectivity index (χ1n) is 7.19. The van der Waals surface area contributed by atoms with E-state index in [1.165, 1.54) is 0 Å². The Labute approximate surface area is 133 Å². The summed E-state index contributed by atoms with van der Waals surface area (Å²) in [6, 6.07) is 12.9. The highest BCUT2D eigenvalue weighted by Crippen LogP contribution is 2.20. The van der Waals surface area contributed by atoms with Crippen LogP contribution in [-0.4, -0.2) is 23.2 Å². The number of nitrogens with zero attached hydrogens (tertiary/aromatic N) is 1. The van der Waals surface area contributed by atoms with Gasteiger partial charge in [-0.3, -0.25) is 9.89 Å². The normalized spacial score (nSPS) is 10.5. The van der Waals surface area contributed by atoms with Crippen molar-refractivity contribution in [3.63, 3.8) is 0 Å². The van der Waals surface area contributed by atoms with Gasteiger partial charge in [-0.25, -0.2) is 0 Å². The molecule has 6 heteroatoms. The number of aryl methyl sites for hydroxylation is 1. The van der Waals surface area contributed by atoms with Gasteiger partial charge in [0.25, 0.3) is 5.91 Å². The molecule has 0 saturated carbocycles. The number of nitrogens with one attached hydrogen (secondary N) is 2. The molecular formula is C17H17N3O3. The first kappa shape index (κ1) is 14.9. The number of ether oxygens (including phenoxy) is 1. The number of aromatic nitrogens is 2. The van der Waals surface area contributed by atoms with Crippen molar-refractivity contribution in [1.29, 1.82) is 0 Å². The van der Waals surface area contributed by atoms with E-state index in [9.17, 15) is 4.79 Å². The summed E-state index contributed by atoms with van der Waals surface area (Å²) < 4.78 is 10.8. The number of furan rings is 1. The maximum atomic E-state index is 12.2. The van der Waals surface area contributed by atoms with E-state index in [1.807, 2.05) is 43.3 Å². The number of methoxy groups -OCH3 is 1. The minimum absolute atomic E-state index is 0.262. The summed E-state index contributed by atoms with van der Waals surface area (Å²) in [5.41, 5.74) is 1.88. The molecule has 0 aliphatic carbocycles. The lowest BCUT2D eigenvalue weighted by Crippen LogP contribution is -2.23. The summed E-state index contributed by atoms with van der Waals surface area (Å²) in [6.07, 6.45) is 0. The van der Waals surface area contributed by atoms with Gasteiger partial charge in [-0.1, -0.05) is 18.2 Å². The van der Waals surface area contributed by atoms with Crippen molar-refractivity contribution in [2.24, 2.45) is 0 Å². The van der Waals surface area contributed by atoms with Crippen LogP contribution in [0.5, 0.6) is 5.75 Å². The first-order valence-corrected chi connectivity index (χ1v) is 7.19. The predicted molar refractivity (Wildman–Crippen MR) is 85.2 cm³/mol. The highest BCUT2D eigenvalue weighted by atomic mass is 16.5. The van der Waals surface area contributed by atoms with E-state index in [-0.39, 0.29) is 5.91 Å². The fourth-order valence-corrected chi connectivity index (χ4v) is 2.26. The lowest BCUT2D eigenvalue weighted by atomic mass is 10.2. The van der Waals surface area contributed by atoms with Gasteiger partial charge < -0.3 is 14.5 Å². The predicted octanol–water partition coefficient (Wildman–Crippen LogP) is 2.92. The summed E-state index contributed by atoms with van der Waals surface area (Å²) in [5.74, 6) is 1.93. The van der Waals surface area contributed by atoms with Gasteiger partial charge >= 0.3 is 0 Å². The molecule has 1 amide bonds. The second-order valence-corrected chi connectivity index (χ2v) is 5.07. The van der Waals surface area contributed by atoms with Crippen molar-refractivity contribution in [3.05, 3.63) is 59.5 Å². The van der Waals surface area contributed by atoms with Crippen molar-refractivity contribution in [1.82, 2.24) is 15.5 Å². The molecule has 0 bridgehead atoms. The summed E-state index contributed by atoms with van der Waals surface area (Å²) in [5, 5.41) is 9.66. The van der Waals surface area contributed by atoms with Gasteiger partial charge in [0.15, 0.2) is 11.5 Å². The van der Waals surface area contributed by atoms with Gasteiger partial charge in [0, 0.05) is 18.2 Å². The van der Waals surface area contributed by atoms with Crippen molar-refractivity contribution in [2.75, 3.05) is 7.11 Å². The molecule has 0 unspecified atom stereocenters. The van der Waals surface area contributed by atoms with E-state index in [1.54, 1.807) is 13.2 Å². The van der Waals surface area contributed by atoms with Gasteiger partial charge in [0.05, 0.1) is 7.11 Å². The number of carbonyl (C=O) groups is 1. The molecule has 2 aromatic heterocycles. The molecule has 0 atom stereocenters. The molecule has 2 N–H and O–H groups in total. The first-order chi connectivity index (χ1) is 11.2. The molecule has 1 aromatic carbocycles. The van der Waals surface area contributed by atoms with Gasteiger partial charge in [0.2, 0.25) is 0 Å². The van der Waals surface area contributed by atoms with E-state index in [2.05, 4.69) is 15.5 Å². The van der Waals surface area contributed by atoms with Gasteiger partial charge in [-0.15, -0.1) is 0 Å². The van der Waals surface area contributed by atoms with Crippen LogP contribution in [0, 0.1) is 6.92 Å². The molecule has 0 radical (unpaired) electrons. The van der Waals surface area contributed by atoms with Gasteiger partial charge in [-0.2, -0.15) is 5.10 Å². The molecule has 0 saturated heterocycles. The minimum atomic E-state index is -0.262. The van der Waals surface area contributed by atoms with Crippen molar-refractivity contribution < 1.29 is 13.9 Å². The lowest BCUT2D eigenvalue weighted by Gasteiger charge is -2.08. The SMILES string of the molecule is COc1ccccc1CNC(=O)c1cc(-c2ccc(C)o2)[nH]n1. The third-order valence-corrected chi connectivity index (χ3v) is 3.45. The van der Waals surface area contributed by atoms with Crippen LogP contribution in [0.1, 0.15) is 21.8 Å². The van der Waals surface area contributed by atoms with Crippen LogP contribution >= 0.6 is 0 Å². The zero-order valence-corrected chi connectivity index (χ0v) is 12.9. The van der Waals surface area contributed by atoms with E-state index in [0.717, 1.165) is 17.1 Å². The van der Waals surface area contributed by atoms with Crippen molar-refractivity contribution in [3.8, 4) is 17.2 Å². The largest absolute Gasteiger partial charge is 0.496 e. The number of hydrogen-bond acceptors (Lipinski definition) is 4. The number of hydrogen-bond donors (Lipinski definition) is 2. The second kappa shape index (κ2) is 6.39. The number of H-pyrrole nitrogens is 1. The molecule has 23 heavy (non-hydrogen) atoms. The maximum Gasteiger partial charge on any atom is 0.272 e. The molecule has 118 valence electrons. The van der Waals surface area contributed by atoms with E-state index in [4.69, 9.17) is 9.15 Å². The van der Waals surface area contributed by atoms with Gasteiger partial charge in [-0.05, 0) is 25.1 Å². The van der Waals surface area contributed by atoms with Crippen LogP contribution in [-0.2, 0) is 6.54 Å². The topological polar surface area (TPSA) is 80.1 Å². The molecule has 0 fully saturated rings. The third-order valence-electron chi connectivity index (χ3n) is 3.45. The average molecular weight is 311 g/mol. The quantitative estimate of drug-likeness (QED) is 0.759. The summed E-state index contributed by atoms with van der Waals surface area (Å²) in [4.78, 5) is 12.2. The number of aromatic amines is 1. The lowest BCUT2D eigenvalue weighted by molar-refractivity contribution is 0.0945. The Morgan fingerprint density at radius 3 is 2.87 bits per heavy atom. The highest BCUT2D eigenvalue weighted by Gasteiger charge is 2.13. The fourth-order valence-electron chi connectivity index (χ4n) is 2.26. The number of para-hydroxylation sites is 1. The number of carbonyl (C=O) groups excluding carboxylic acids is 1. The number of rotatable bonds is 5. The zero-order chi connectivity index (χ0) is 16.2. The molecule has 0 spiro atoms. The van der Waals surface area contributed by atoms with E-state index < -0.39 is 0 Å². The molecule has 0 aliphatic rings.